The van der Waals surface area contributed by atoms with Gasteiger partial charge in [0.15, 0.2) is 5.58 Å². The van der Waals surface area contributed by atoms with Crippen LogP contribution >= 0.6 is 0 Å². The van der Waals surface area contributed by atoms with E-state index in [1.54, 1.807) is 0 Å². The number of benzene rings is 1. The molecule has 1 fully saturated rings. The lowest BCUT2D eigenvalue weighted by atomic mass is 10.0. The molecule has 0 saturated carbocycles. The summed E-state index contributed by atoms with van der Waals surface area (Å²) in [4.78, 5) is 19.2. The highest BCUT2D eigenvalue weighted by Gasteiger charge is 2.26. The standard InChI is InChI=1S/C19H22N4O2/c1-2-18-20-9-11-23(18)14-6-5-10-22(13-14)19(24)12-16-15-7-3-4-8-17(15)25-21-16/h3-4,7-9,11,14H,2,5-6,10,12-13H2,1H3/t14-/m1/s1. The van der Waals surface area contributed by atoms with Gasteiger partial charge in [-0.2, -0.15) is 0 Å². The van der Waals surface area contributed by atoms with Crippen molar-refractivity contribution in [2.75, 3.05) is 13.1 Å². The van der Waals surface area contributed by atoms with Crippen LogP contribution in [0.25, 0.3) is 11.0 Å². The molecule has 0 spiro atoms. The summed E-state index contributed by atoms with van der Waals surface area (Å²) in [6.07, 6.45) is 7.16. The molecule has 6 heteroatoms. The predicted molar refractivity (Wildman–Crippen MR) is 94.2 cm³/mol. The summed E-state index contributed by atoms with van der Waals surface area (Å²) < 4.78 is 7.54. The molecule has 1 aliphatic heterocycles. The number of rotatable bonds is 4. The average Bonchev–Trinajstić information content (AvgIpc) is 3.29. The van der Waals surface area contributed by atoms with Crippen molar-refractivity contribution in [3.8, 4) is 0 Å². The van der Waals surface area contributed by atoms with Gasteiger partial charge in [-0.1, -0.05) is 24.2 Å². The molecule has 1 saturated heterocycles. The van der Waals surface area contributed by atoms with Crippen molar-refractivity contribution in [1.82, 2.24) is 19.6 Å². The number of piperidine rings is 1. The van der Waals surface area contributed by atoms with Crippen molar-refractivity contribution < 1.29 is 9.32 Å². The Bertz CT molecular complexity index is 882. The van der Waals surface area contributed by atoms with E-state index in [9.17, 15) is 4.79 Å². The molecule has 130 valence electrons. The molecule has 2 aromatic heterocycles. The Hall–Kier alpha value is -2.63. The first kappa shape index (κ1) is 15.9. The molecule has 1 atom stereocenters. The normalized spacial score (nSPS) is 18.0. The van der Waals surface area contributed by atoms with Crippen molar-refractivity contribution in [1.29, 1.82) is 0 Å². The third-order valence-electron chi connectivity index (χ3n) is 4.98. The van der Waals surface area contributed by atoms with Gasteiger partial charge in [0, 0.05) is 37.3 Å². The predicted octanol–water partition coefficient (Wildman–Crippen LogP) is 2.99. The molecule has 1 aliphatic rings. The summed E-state index contributed by atoms with van der Waals surface area (Å²) in [7, 11) is 0. The van der Waals surface area contributed by atoms with Gasteiger partial charge in [0.2, 0.25) is 5.91 Å². The van der Waals surface area contributed by atoms with Gasteiger partial charge in [-0.25, -0.2) is 4.98 Å². The number of imidazole rings is 1. The lowest BCUT2D eigenvalue weighted by Crippen LogP contribution is -2.41. The Balaban J connectivity index is 1.48. The largest absolute Gasteiger partial charge is 0.356 e. The molecule has 0 aliphatic carbocycles. The molecular weight excluding hydrogens is 316 g/mol. The Labute approximate surface area is 146 Å². The van der Waals surface area contributed by atoms with Crippen LogP contribution in [0.1, 0.15) is 37.3 Å². The summed E-state index contributed by atoms with van der Waals surface area (Å²) in [6, 6.07) is 7.98. The van der Waals surface area contributed by atoms with Gasteiger partial charge in [-0.15, -0.1) is 0 Å². The molecule has 1 amide bonds. The fourth-order valence-electron chi connectivity index (χ4n) is 3.68. The van der Waals surface area contributed by atoms with Gasteiger partial charge >= 0.3 is 0 Å². The number of fused-ring (bicyclic) bond motifs is 1. The second kappa shape index (κ2) is 6.70. The van der Waals surface area contributed by atoms with E-state index >= 15 is 0 Å². The SMILES string of the molecule is CCc1nccn1[C@@H]1CCCN(C(=O)Cc2noc3ccccc23)C1. The zero-order valence-corrected chi connectivity index (χ0v) is 14.4. The zero-order valence-electron chi connectivity index (χ0n) is 14.4. The van der Waals surface area contributed by atoms with E-state index in [0.717, 1.165) is 54.8 Å². The van der Waals surface area contributed by atoms with Crippen molar-refractivity contribution in [2.24, 2.45) is 0 Å². The lowest BCUT2D eigenvalue weighted by molar-refractivity contribution is -0.132. The highest BCUT2D eigenvalue weighted by atomic mass is 16.5. The van der Waals surface area contributed by atoms with E-state index in [0.29, 0.717) is 6.04 Å². The number of aryl methyl sites for hydroxylation is 1. The van der Waals surface area contributed by atoms with Crippen LogP contribution in [0.15, 0.2) is 41.2 Å². The molecule has 3 aromatic rings. The quantitative estimate of drug-likeness (QED) is 0.733. The van der Waals surface area contributed by atoms with E-state index in [-0.39, 0.29) is 12.3 Å². The topological polar surface area (TPSA) is 64.2 Å². The number of carbonyl (C=O) groups is 1. The number of para-hydroxylation sites is 1. The van der Waals surface area contributed by atoms with Crippen LogP contribution in [-0.2, 0) is 17.6 Å². The van der Waals surface area contributed by atoms with Crippen LogP contribution in [0.4, 0.5) is 0 Å². The number of carbonyl (C=O) groups excluding carboxylic acids is 1. The number of aromatic nitrogens is 3. The van der Waals surface area contributed by atoms with Gasteiger partial charge in [0.25, 0.3) is 0 Å². The first-order valence-electron chi connectivity index (χ1n) is 8.89. The second-order valence-corrected chi connectivity index (χ2v) is 6.54. The molecule has 0 radical (unpaired) electrons. The summed E-state index contributed by atoms with van der Waals surface area (Å²) in [5.41, 5.74) is 1.45. The first-order valence-corrected chi connectivity index (χ1v) is 8.89. The molecule has 3 heterocycles. The molecule has 6 nitrogen and oxygen atoms in total. The number of nitrogens with zero attached hydrogens (tertiary/aromatic N) is 4. The molecule has 4 rings (SSSR count). The van der Waals surface area contributed by atoms with Crippen molar-refractivity contribution >= 4 is 16.9 Å². The van der Waals surface area contributed by atoms with Crippen molar-refractivity contribution in [3.05, 3.63) is 48.2 Å². The molecule has 0 N–H and O–H groups in total. The minimum absolute atomic E-state index is 0.113. The summed E-state index contributed by atoms with van der Waals surface area (Å²) >= 11 is 0. The van der Waals surface area contributed by atoms with Crippen LogP contribution < -0.4 is 0 Å². The lowest BCUT2D eigenvalue weighted by Gasteiger charge is -2.34. The van der Waals surface area contributed by atoms with Crippen LogP contribution in [-0.4, -0.2) is 38.6 Å². The maximum absolute atomic E-state index is 12.8. The Morgan fingerprint density at radius 3 is 3.12 bits per heavy atom. The zero-order chi connectivity index (χ0) is 17.2. The van der Waals surface area contributed by atoms with E-state index < -0.39 is 0 Å². The molecule has 0 bridgehead atoms. The fraction of sp³-hybridized carbons (Fsp3) is 0.421. The summed E-state index contributed by atoms with van der Waals surface area (Å²) in [5, 5.41) is 5.01. The van der Waals surface area contributed by atoms with E-state index in [1.165, 1.54) is 0 Å². The van der Waals surface area contributed by atoms with Crippen LogP contribution in [0.5, 0.6) is 0 Å². The van der Waals surface area contributed by atoms with Gasteiger partial charge in [0.05, 0.1) is 12.5 Å². The van der Waals surface area contributed by atoms with Crippen molar-refractivity contribution in [2.45, 2.75) is 38.6 Å². The van der Waals surface area contributed by atoms with E-state index in [1.807, 2.05) is 41.6 Å². The maximum atomic E-state index is 12.8. The monoisotopic (exact) mass is 338 g/mol. The van der Waals surface area contributed by atoms with E-state index in [2.05, 4.69) is 21.6 Å². The third-order valence-corrected chi connectivity index (χ3v) is 4.98. The van der Waals surface area contributed by atoms with E-state index in [4.69, 9.17) is 4.52 Å². The first-order chi connectivity index (χ1) is 12.3. The Morgan fingerprint density at radius 1 is 1.36 bits per heavy atom. The highest BCUT2D eigenvalue weighted by Crippen LogP contribution is 2.24. The second-order valence-electron chi connectivity index (χ2n) is 6.54. The number of amides is 1. The summed E-state index contributed by atoms with van der Waals surface area (Å²) in [5.74, 6) is 1.20. The Kier molecular flexibility index (Phi) is 4.26. The smallest absolute Gasteiger partial charge is 0.228 e. The molecule has 1 aromatic carbocycles. The van der Waals surface area contributed by atoms with Gasteiger partial charge in [-0.3, -0.25) is 4.79 Å². The molecular formula is C19H22N4O2. The van der Waals surface area contributed by atoms with Crippen LogP contribution in [0, 0.1) is 0 Å². The fourth-order valence-corrected chi connectivity index (χ4v) is 3.68. The Morgan fingerprint density at radius 2 is 2.24 bits per heavy atom. The summed E-state index contributed by atoms with van der Waals surface area (Å²) in [6.45, 7) is 3.65. The van der Waals surface area contributed by atoms with Gasteiger partial charge in [-0.05, 0) is 25.0 Å². The highest BCUT2D eigenvalue weighted by molar-refractivity contribution is 5.86. The van der Waals surface area contributed by atoms with Gasteiger partial charge < -0.3 is 14.0 Å². The maximum Gasteiger partial charge on any atom is 0.228 e. The number of hydrogen-bond donors (Lipinski definition) is 0. The van der Waals surface area contributed by atoms with Gasteiger partial charge in [0.1, 0.15) is 11.5 Å². The number of hydrogen-bond acceptors (Lipinski definition) is 4. The molecule has 25 heavy (non-hydrogen) atoms. The minimum Gasteiger partial charge on any atom is -0.356 e. The van der Waals surface area contributed by atoms with Crippen LogP contribution in [0.3, 0.4) is 0 Å². The average molecular weight is 338 g/mol. The minimum atomic E-state index is 0.113. The third kappa shape index (κ3) is 3.04. The van der Waals surface area contributed by atoms with Crippen molar-refractivity contribution in [3.63, 3.8) is 0 Å². The molecule has 0 unspecified atom stereocenters. The number of likely N-dealkylation sites (tertiary alicyclic amines) is 1. The van der Waals surface area contributed by atoms with Crippen LogP contribution in [0.2, 0.25) is 0 Å².